The summed E-state index contributed by atoms with van der Waals surface area (Å²) in [5.41, 5.74) is 2.01. The van der Waals surface area contributed by atoms with E-state index in [1.165, 1.54) is 12.1 Å². The van der Waals surface area contributed by atoms with Gasteiger partial charge < -0.3 is 31.1 Å². The largest absolute Gasteiger partial charge is 0.364 e. The van der Waals surface area contributed by atoms with Crippen LogP contribution in [0.15, 0.2) is 97.1 Å². The Labute approximate surface area is 297 Å². The second kappa shape index (κ2) is 10.9. The molecule has 6 aliphatic rings. The number of para-hydroxylation sites is 2. The number of nitrogens with one attached hydrogen (secondary N) is 4. The van der Waals surface area contributed by atoms with E-state index >= 15 is 0 Å². The minimum atomic E-state index is -1.00. The maximum absolute atomic E-state index is 14.8. The average Bonchev–Trinajstić information content (AvgIpc) is 3.86. The highest BCUT2D eigenvalue weighted by molar-refractivity contribution is 6.01. The zero-order valence-electron chi connectivity index (χ0n) is 27.8. The van der Waals surface area contributed by atoms with Crippen molar-refractivity contribution < 1.29 is 28.0 Å². The number of carbonyl (C=O) groups is 4. The quantitative estimate of drug-likeness (QED) is 0.254. The van der Waals surface area contributed by atoms with Gasteiger partial charge in [0.25, 0.3) is 0 Å². The number of piperazine rings is 2. The van der Waals surface area contributed by atoms with Gasteiger partial charge in [0.1, 0.15) is 48.1 Å². The van der Waals surface area contributed by atoms with Gasteiger partial charge in [0.2, 0.25) is 23.6 Å². The van der Waals surface area contributed by atoms with Crippen LogP contribution in [0.3, 0.4) is 0 Å². The number of rotatable bonds is 5. The van der Waals surface area contributed by atoms with E-state index in [-0.39, 0.29) is 49.3 Å². The Morgan fingerprint density at radius 2 is 0.923 bits per heavy atom. The van der Waals surface area contributed by atoms with Crippen molar-refractivity contribution in [2.24, 2.45) is 0 Å². The van der Waals surface area contributed by atoms with Gasteiger partial charge in [-0.1, -0.05) is 72.8 Å². The molecule has 12 heteroatoms. The van der Waals surface area contributed by atoms with E-state index in [1.54, 1.807) is 46.2 Å². The minimum Gasteiger partial charge on any atom is -0.364 e. The van der Waals surface area contributed by atoms with Gasteiger partial charge in [-0.25, -0.2) is 8.78 Å². The molecule has 0 aromatic heterocycles. The molecule has 6 aliphatic heterocycles. The summed E-state index contributed by atoms with van der Waals surface area (Å²) >= 11 is 0. The van der Waals surface area contributed by atoms with Crippen LogP contribution in [-0.2, 0) is 42.8 Å². The predicted molar refractivity (Wildman–Crippen MR) is 186 cm³/mol. The third kappa shape index (κ3) is 3.92. The first kappa shape index (κ1) is 31.0. The predicted octanol–water partition coefficient (Wildman–Crippen LogP) is 3.33. The number of amides is 4. The van der Waals surface area contributed by atoms with E-state index in [2.05, 4.69) is 21.3 Å². The molecule has 10 nitrogen and oxygen atoms in total. The number of nitrogens with zero attached hydrogens (tertiary/aromatic N) is 2. The summed E-state index contributed by atoms with van der Waals surface area (Å²) in [5.74, 6) is -2.25. The molecule has 0 bridgehead atoms. The lowest BCUT2D eigenvalue weighted by Gasteiger charge is -2.48. The smallest absolute Gasteiger partial charge is 0.247 e. The Morgan fingerprint density at radius 1 is 0.538 bits per heavy atom. The van der Waals surface area contributed by atoms with Gasteiger partial charge in [-0.2, -0.15) is 0 Å². The lowest BCUT2D eigenvalue weighted by molar-refractivity contribution is -0.149. The van der Waals surface area contributed by atoms with Crippen LogP contribution in [0, 0.1) is 11.6 Å². The van der Waals surface area contributed by atoms with E-state index in [9.17, 15) is 28.0 Å². The molecule has 4 N–H and O–H groups in total. The summed E-state index contributed by atoms with van der Waals surface area (Å²) in [5, 5.41) is 13.1. The number of fused-ring (bicyclic) bond motifs is 11. The zero-order valence-corrected chi connectivity index (χ0v) is 27.8. The summed E-state index contributed by atoms with van der Waals surface area (Å²) in [6.07, 6.45) is -1.07. The van der Waals surface area contributed by atoms with Crippen LogP contribution in [0.2, 0.25) is 0 Å². The van der Waals surface area contributed by atoms with E-state index in [4.69, 9.17) is 0 Å². The zero-order chi connectivity index (χ0) is 35.5. The molecule has 4 aromatic carbocycles. The fraction of sp³-hybridized carbons (Fsp3) is 0.300. The van der Waals surface area contributed by atoms with Crippen LogP contribution in [0.4, 0.5) is 20.2 Å². The van der Waals surface area contributed by atoms with Crippen molar-refractivity contribution in [1.29, 1.82) is 0 Å². The summed E-state index contributed by atoms with van der Waals surface area (Å²) in [4.78, 5) is 60.8. The van der Waals surface area contributed by atoms with Crippen molar-refractivity contribution in [3.05, 3.63) is 131 Å². The SMILES string of the molecule is O=C1NC(Cc2ccccc2F)C(=O)N2C1CC1(C34CC5C(=O)NC(Cc6ccccc6F)C(=O)N5C3Nc3ccccc34)c3ccccc3NC21. The maximum atomic E-state index is 14.8. The summed E-state index contributed by atoms with van der Waals surface area (Å²) < 4.78 is 29.6. The molecule has 8 atom stereocenters. The molecule has 4 amide bonds. The molecule has 0 radical (unpaired) electrons. The monoisotopic (exact) mass is 700 g/mol. The molecule has 8 unspecified atom stereocenters. The second-order valence-electron chi connectivity index (χ2n) is 14.8. The van der Waals surface area contributed by atoms with Gasteiger partial charge in [0.05, 0.1) is 10.8 Å². The van der Waals surface area contributed by atoms with Crippen LogP contribution in [0.5, 0.6) is 0 Å². The van der Waals surface area contributed by atoms with E-state index in [0.29, 0.717) is 11.1 Å². The Morgan fingerprint density at radius 3 is 1.35 bits per heavy atom. The highest BCUT2D eigenvalue weighted by Gasteiger charge is 2.78. The van der Waals surface area contributed by atoms with Crippen molar-refractivity contribution in [2.45, 2.75) is 73.0 Å². The molecule has 4 fully saturated rings. The standard InChI is InChI=1S/C40H34F2N6O4/c41-25-13-5-1-9-21(25)17-29-35(51)47-31(33(49)43-29)19-39(23-11-3-7-15-27(23)45-37(39)47)40-20-32-34(50)44-30(18-22-10-2-6-14-26(22)42)36(52)48(32)38(40)46-28-16-8-4-12-24(28)40/h1-16,29-32,37-38,45-46H,17-20H2,(H,43,49)(H,44,50). The molecular weight excluding hydrogens is 666 g/mol. The van der Waals surface area contributed by atoms with Crippen molar-refractivity contribution in [3.8, 4) is 0 Å². The molecule has 6 heterocycles. The number of carbonyl (C=O) groups excluding carboxylic acids is 4. The first-order valence-corrected chi connectivity index (χ1v) is 17.7. The minimum absolute atomic E-state index is 0.0147. The molecular formula is C40H34F2N6O4. The number of anilines is 2. The fourth-order valence-corrected chi connectivity index (χ4v) is 10.5. The summed E-state index contributed by atoms with van der Waals surface area (Å²) in [6.45, 7) is 0. The average molecular weight is 701 g/mol. The third-order valence-corrected chi connectivity index (χ3v) is 12.5. The number of halogens is 2. The van der Waals surface area contributed by atoms with Crippen LogP contribution < -0.4 is 21.3 Å². The normalized spacial score (nSPS) is 32.1. The molecule has 0 saturated carbocycles. The van der Waals surface area contributed by atoms with Gasteiger partial charge >= 0.3 is 0 Å². The van der Waals surface area contributed by atoms with E-state index < -0.39 is 59.0 Å². The van der Waals surface area contributed by atoms with Crippen molar-refractivity contribution >= 4 is 35.0 Å². The lowest BCUT2D eigenvalue weighted by atomic mass is 9.54. The van der Waals surface area contributed by atoms with Crippen LogP contribution in [0.25, 0.3) is 0 Å². The first-order chi connectivity index (χ1) is 25.2. The molecule has 262 valence electrons. The van der Waals surface area contributed by atoms with Crippen molar-refractivity contribution in [1.82, 2.24) is 20.4 Å². The molecule has 4 saturated heterocycles. The Kier molecular flexibility index (Phi) is 6.48. The van der Waals surface area contributed by atoms with Gasteiger partial charge in [-0.3, -0.25) is 19.2 Å². The Balaban J connectivity index is 1.12. The molecule has 0 aliphatic carbocycles. The van der Waals surface area contributed by atoms with E-state index in [0.717, 1.165) is 22.5 Å². The summed E-state index contributed by atoms with van der Waals surface area (Å²) in [6, 6.07) is 24.3. The van der Waals surface area contributed by atoms with Gasteiger partial charge in [-0.05, 0) is 59.4 Å². The van der Waals surface area contributed by atoms with Gasteiger partial charge in [0, 0.05) is 24.2 Å². The van der Waals surface area contributed by atoms with Gasteiger partial charge in [0.15, 0.2) is 0 Å². The van der Waals surface area contributed by atoms with Crippen LogP contribution in [-0.4, -0.2) is 69.9 Å². The molecule has 0 spiro atoms. The molecule has 10 rings (SSSR count). The van der Waals surface area contributed by atoms with Gasteiger partial charge in [-0.15, -0.1) is 0 Å². The number of benzene rings is 4. The number of hydrogen-bond donors (Lipinski definition) is 4. The van der Waals surface area contributed by atoms with Crippen LogP contribution >= 0.6 is 0 Å². The second-order valence-corrected chi connectivity index (χ2v) is 14.8. The van der Waals surface area contributed by atoms with Crippen LogP contribution in [0.1, 0.15) is 35.1 Å². The highest BCUT2D eigenvalue weighted by atomic mass is 19.1. The van der Waals surface area contributed by atoms with Crippen molar-refractivity contribution in [3.63, 3.8) is 0 Å². The maximum Gasteiger partial charge on any atom is 0.247 e. The van der Waals surface area contributed by atoms with E-state index in [1.807, 2.05) is 48.5 Å². The molecule has 4 aromatic rings. The lowest BCUT2D eigenvalue weighted by Crippen LogP contribution is -2.67. The summed E-state index contributed by atoms with van der Waals surface area (Å²) in [7, 11) is 0. The molecule has 52 heavy (non-hydrogen) atoms. The fourth-order valence-electron chi connectivity index (χ4n) is 10.5. The third-order valence-electron chi connectivity index (χ3n) is 12.5. The Bertz CT molecular complexity index is 2080. The van der Waals surface area contributed by atoms with Crippen molar-refractivity contribution in [2.75, 3.05) is 10.6 Å². The first-order valence-electron chi connectivity index (χ1n) is 17.7. The Hall–Kier alpha value is -5.78. The number of hydrogen-bond acceptors (Lipinski definition) is 6. The highest BCUT2D eigenvalue weighted by Crippen LogP contribution is 2.68. The topological polar surface area (TPSA) is 123 Å².